The fourth-order valence-electron chi connectivity index (χ4n) is 5.80. The van der Waals surface area contributed by atoms with Crippen LogP contribution in [-0.2, 0) is 6.54 Å². The molecule has 39 heavy (non-hydrogen) atoms. The molecule has 0 saturated carbocycles. The molecule has 6 nitrogen and oxygen atoms in total. The van der Waals surface area contributed by atoms with Crippen LogP contribution < -0.4 is 4.74 Å². The first-order valence-corrected chi connectivity index (χ1v) is 14.2. The van der Waals surface area contributed by atoms with E-state index < -0.39 is 6.10 Å². The van der Waals surface area contributed by atoms with Crippen LogP contribution in [0.25, 0.3) is 21.7 Å². The second-order valence-electron chi connectivity index (χ2n) is 11.6. The van der Waals surface area contributed by atoms with Gasteiger partial charge in [0.15, 0.2) is 0 Å². The number of β-amino-alcohol motifs (C(OH)–C–C–N with tert-alkyl or cyclic N) is 1. The highest BCUT2D eigenvalue weighted by molar-refractivity contribution is 6.00. The van der Waals surface area contributed by atoms with Crippen LogP contribution in [0.5, 0.6) is 5.75 Å². The SMILES string of the molecule is CC(C)Cn1c(C(=O)N(C)C)cc2c(OC[C@@H](O)CN3CCC(c4ccc5ccccc5c4)CC3)cccc21. The van der Waals surface area contributed by atoms with Crippen LogP contribution in [0.15, 0.2) is 66.7 Å². The summed E-state index contributed by atoms with van der Waals surface area (Å²) < 4.78 is 8.24. The number of amides is 1. The second-order valence-corrected chi connectivity index (χ2v) is 11.6. The quantitative estimate of drug-likeness (QED) is 0.300. The lowest BCUT2D eigenvalue weighted by Gasteiger charge is -2.33. The summed E-state index contributed by atoms with van der Waals surface area (Å²) >= 11 is 0. The lowest BCUT2D eigenvalue weighted by Crippen LogP contribution is -2.40. The van der Waals surface area contributed by atoms with E-state index in [1.54, 1.807) is 19.0 Å². The monoisotopic (exact) mass is 527 g/mol. The summed E-state index contributed by atoms with van der Waals surface area (Å²) in [7, 11) is 3.55. The van der Waals surface area contributed by atoms with Crippen molar-refractivity contribution in [3.05, 3.63) is 78.0 Å². The highest BCUT2D eigenvalue weighted by Gasteiger charge is 2.24. The van der Waals surface area contributed by atoms with Crippen molar-refractivity contribution in [1.29, 1.82) is 0 Å². The zero-order valence-electron chi connectivity index (χ0n) is 23.6. The Kier molecular flexibility index (Phi) is 8.24. The third-order valence-electron chi connectivity index (χ3n) is 7.81. The molecular formula is C33H41N3O3. The van der Waals surface area contributed by atoms with E-state index in [9.17, 15) is 9.90 Å². The maximum Gasteiger partial charge on any atom is 0.269 e. The summed E-state index contributed by atoms with van der Waals surface area (Å²) in [5, 5.41) is 14.3. The molecular weight excluding hydrogens is 486 g/mol. The number of aliphatic hydroxyl groups excluding tert-OH is 1. The van der Waals surface area contributed by atoms with Crippen molar-refractivity contribution in [3.8, 4) is 5.75 Å². The maximum absolute atomic E-state index is 12.9. The van der Waals surface area contributed by atoms with Gasteiger partial charge in [-0.3, -0.25) is 4.79 Å². The third kappa shape index (κ3) is 6.13. The number of likely N-dealkylation sites (tertiary alicyclic amines) is 1. The summed E-state index contributed by atoms with van der Waals surface area (Å²) in [5.41, 5.74) is 3.06. The Labute approximate surface area is 231 Å². The number of nitrogens with zero attached hydrogens (tertiary/aromatic N) is 3. The molecule has 2 heterocycles. The molecule has 1 saturated heterocycles. The Bertz CT molecular complexity index is 1430. The molecule has 1 fully saturated rings. The molecule has 1 N–H and O–H groups in total. The van der Waals surface area contributed by atoms with Gasteiger partial charge in [-0.1, -0.05) is 62.4 Å². The summed E-state index contributed by atoms with van der Waals surface area (Å²) in [6, 6.07) is 23.2. The van der Waals surface area contributed by atoms with Gasteiger partial charge in [0.1, 0.15) is 24.2 Å². The number of aliphatic hydroxyl groups is 1. The zero-order chi connectivity index (χ0) is 27.5. The van der Waals surface area contributed by atoms with E-state index in [0.717, 1.165) is 43.4 Å². The van der Waals surface area contributed by atoms with Crippen molar-refractivity contribution >= 4 is 27.6 Å². The highest BCUT2D eigenvalue weighted by atomic mass is 16.5. The molecule has 6 heteroatoms. The molecule has 0 aliphatic carbocycles. The van der Waals surface area contributed by atoms with Crippen LogP contribution in [0.4, 0.5) is 0 Å². The van der Waals surface area contributed by atoms with Crippen molar-refractivity contribution in [2.75, 3.05) is 40.3 Å². The van der Waals surface area contributed by atoms with Crippen LogP contribution in [-0.4, -0.2) is 71.8 Å². The van der Waals surface area contributed by atoms with Gasteiger partial charge in [0.2, 0.25) is 0 Å². The summed E-state index contributed by atoms with van der Waals surface area (Å²) in [5.74, 6) is 1.64. The number of piperidine rings is 1. The molecule has 0 bridgehead atoms. The van der Waals surface area contributed by atoms with Crippen molar-refractivity contribution in [3.63, 3.8) is 0 Å². The van der Waals surface area contributed by atoms with Crippen LogP contribution >= 0.6 is 0 Å². The smallest absolute Gasteiger partial charge is 0.269 e. The zero-order valence-corrected chi connectivity index (χ0v) is 23.6. The van der Waals surface area contributed by atoms with Crippen molar-refractivity contribution in [1.82, 2.24) is 14.4 Å². The maximum atomic E-state index is 12.9. The molecule has 1 aliphatic rings. The van der Waals surface area contributed by atoms with Gasteiger partial charge >= 0.3 is 0 Å². The van der Waals surface area contributed by atoms with E-state index in [0.29, 0.717) is 29.8 Å². The summed E-state index contributed by atoms with van der Waals surface area (Å²) in [6.45, 7) is 7.80. The van der Waals surface area contributed by atoms with Crippen LogP contribution in [0.2, 0.25) is 0 Å². The van der Waals surface area contributed by atoms with Crippen LogP contribution in [0.1, 0.15) is 48.7 Å². The van der Waals surface area contributed by atoms with Gasteiger partial charge in [-0.2, -0.15) is 0 Å². The molecule has 1 atom stereocenters. The number of hydrogen-bond donors (Lipinski definition) is 1. The first-order chi connectivity index (χ1) is 18.8. The molecule has 4 aromatic rings. The van der Waals surface area contributed by atoms with Crippen molar-refractivity contribution in [2.45, 2.75) is 45.3 Å². The Morgan fingerprint density at radius 1 is 0.974 bits per heavy atom. The number of hydrogen-bond acceptors (Lipinski definition) is 4. The van der Waals surface area contributed by atoms with Crippen LogP contribution in [0, 0.1) is 5.92 Å². The van der Waals surface area contributed by atoms with E-state index in [1.807, 2.05) is 24.3 Å². The number of carbonyl (C=O) groups is 1. The van der Waals surface area contributed by atoms with Gasteiger partial charge in [-0.15, -0.1) is 0 Å². The van der Waals surface area contributed by atoms with E-state index in [2.05, 4.69) is 65.8 Å². The number of ether oxygens (including phenoxy) is 1. The first kappa shape index (κ1) is 27.2. The molecule has 1 aromatic heterocycles. The Morgan fingerprint density at radius 3 is 2.44 bits per heavy atom. The van der Waals surface area contributed by atoms with Gasteiger partial charge in [0.25, 0.3) is 5.91 Å². The fourth-order valence-corrected chi connectivity index (χ4v) is 5.80. The number of rotatable bonds is 9. The molecule has 0 radical (unpaired) electrons. The molecule has 0 unspecified atom stereocenters. The third-order valence-corrected chi connectivity index (χ3v) is 7.81. The number of carbonyl (C=O) groups excluding carboxylic acids is 1. The molecule has 0 spiro atoms. The normalized spacial score (nSPS) is 15.7. The number of benzene rings is 3. The van der Waals surface area contributed by atoms with Gasteiger partial charge in [-0.25, -0.2) is 0 Å². The van der Waals surface area contributed by atoms with E-state index in [-0.39, 0.29) is 12.5 Å². The first-order valence-electron chi connectivity index (χ1n) is 14.2. The molecule has 1 aliphatic heterocycles. The Hall–Kier alpha value is -3.35. The average molecular weight is 528 g/mol. The molecule has 206 valence electrons. The Morgan fingerprint density at radius 2 is 1.72 bits per heavy atom. The van der Waals surface area contributed by atoms with Crippen LogP contribution in [0.3, 0.4) is 0 Å². The van der Waals surface area contributed by atoms with Gasteiger partial charge in [-0.05, 0) is 72.3 Å². The fraction of sp³-hybridized carbons (Fsp3) is 0.424. The minimum Gasteiger partial charge on any atom is -0.490 e. The highest BCUT2D eigenvalue weighted by Crippen LogP contribution is 2.32. The van der Waals surface area contributed by atoms with Gasteiger partial charge < -0.3 is 24.2 Å². The summed E-state index contributed by atoms with van der Waals surface area (Å²) in [6.07, 6.45) is 1.60. The minimum absolute atomic E-state index is 0.0232. The van der Waals surface area contributed by atoms with Gasteiger partial charge in [0.05, 0.1) is 5.52 Å². The molecule has 3 aromatic carbocycles. The second kappa shape index (κ2) is 11.8. The largest absolute Gasteiger partial charge is 0.490 e. The minimum atomic E-state index is -0.585. The van der Waals surface area contributed by atoms with E-state index in [4.69, 9.17) is 4.74 Å². The number of fused-ring (bicyclic) bond motifs is 2. The predicted octanol–water partition coefficient (Wildman–Crippen LogP) is 5.77. The lowest BCUT2D eigenvalue weighted by molar-refractivity contribution is 0.0599. The molecule has 5 rings (SSSR count). The number of aromatic nitrogens is 1. The summed E-state index contributed by atoms with van der Waals surface area (Å²) in [4.78, 5) is 16.9. The predicted molar refractivity (Wildman–Crippen MR) is 159 cm³/mol. The topological polar surface area (TPSA) is 57.9 Å². The lowest BCUT2D eigenvalue weighted by atomic mass is 9.88. The average Bonchev–Trinajstić information content (AvgIpc) is 3.29. The van der Waals surface area contributed by atoms with Gasteiger partial charge in [0, 0.05) is 32.6 Å². The van der Waals surface area contributed by atoms with E-state index >= 15 is 0 Å². The standard InChI is InChI=1S/C33H41N3O3/c1-23(2)20-36-30-10-7-11-32(29(30)19-31(36)33(38)34(3)4)39-22-28(37)21-35-16-14-25(15-17-35)27-13-12-24-8-5-6-9-26(24)18-27/h5-13,18-19,23,25,28,37H,14-17,20-22H2,1-4H3/t28-/m0/s1. The molecule has 1 amide bonds. The van der Waals surface area contributed by atoms with Crippen molar-refractivity contribution < 1.29 is 14.6 Å². The van der Waals surface area contributed by atoms with Crippen molar-refractivity contribution in [2.24, 2.45) is 5.92 Å². The van der Waals surface area contributed by atoms with E-state index in [1.165, 1.54) is 16.3 Å². The Balaban J connectivity index is 1.20.